The standard InChI is InChI=1S/C3H3N5O2S.C2H4N4O.C2H6N2O.2ClH/c4-6-7-11(9,10)8-2-1-5-3-8;3-2(7)1-5-6-4;3-1-2(4)5;;/h1-3H;1H2,(H2,3,7);1,3H2,(H2,4,5);2*1H. The molecule has 0 spiro atoms. The van der Waals surface area contributed by atoms with Gasteiger partial charge in [-0.2, -0.15) is 8.42 Å². The van der Waals surface area contributed by atoms with E-state index in [0.29, 0.717) is 3.97 Å². The quantitative estimate of drug-likeness (QED) is 0.316. The molecule has 0 radical (unpaired) electrons. The fraction of sp³-hybridized carbons (Fsp3) is 0.286. The van der Waals surface area contributed by atoms with Crippen LogP contribution in [0, 0.1) is 0 Å². The summed E-state index contributed by atoms with van der Waals surface area (Å²) >= 11 is 0. The summed E-state index contributed by atoms with van der Waals surface area (Å²) < 4.78 is 24.9. The largest absolute Gasteiger partial charge is 0.370 e. The van der Waals surface area contributed by atoms with Gasteiger partial charge in [-0.25, -0.2) is 8.96 Å². The van der Waals surface area contributed by atoms with Gasteiger partial charge in [-0.15, -0.1) is 24.8 Å². The van der Waals surface area contributed by atoms with Gasteiger partial charge in [0, 0.05) is 22.2 Å². The van der Waals surface area contributed by atoms with Crippen LogP contribution in [0.4, 0.5) is 0 Å². The highest BCUT2D eigenvalue weighted by molar-refractivity contribution is 7.88. The number of aromatic nitrogens is 2. The van der Waals surface area contributed by atoms with Crippen molar-refractivity contribution in [3.63, 3.8) is 0 Å². The highest BCUT2D eigenvalue weighted by Gasteiger charge is 2.07. The zero-order valence-electron chi connectivity index (χ0n) is 12.3. The molecule has 25 heavy (non-hydrogen) atoms. The van der Waals surface area contributed by atoms with Crippen molar-refractivity contribution < 1.29 is 18.0 Å². The fourth-order valence-corrected chi connectivity index (χ4v) is 1.13. The molecule has 0 bridgehead atoms. The van der Waals surface area contributed by atoms with Gasteiger partial charge in [0.25, 0.3) is 0 Å². The lowest BCUT2D eigenvalue weighted by Crippen LogP contribution is -2.21. The number of carbonyl (C=O) groups excluding carboxylic acids is 2. The van der Waals surface area contributed by atoms with E-state index in [1.54, 1.807) is 0 Å². The summed E-state index contributed by atoms with van der Waals surface area (Å²) in [5, 5.41) is 2.88. The van der Waals surface area contributed by atoms with Gasteiger partial charge in [-0.3, -0.25) is 9.59 Å². The molecule has 1 rings (SSSR count). The Bertz CT molecular complexity index is 694. The van der Waals surface area contributed by atoms with Crippen molar-refractivity contribution >= 4 is 46.8 Å². The van der Waals surface area contributed by atoms with Gasteiger partial charge in [0.1, 0.15) is 12.9 Å². The lowest BCUT2D eigenvalue weighted by molar-refractivity contribution is -0.117. The summed E-state index contributed by atoms with van der Waals surface area (Å²) in [5.41, 5.74) is 29.2. The maximum absolute atomic E-state index is 10.8. The van der Waals surface area contributed by atoms with Crippen LogP contribution in [0.15, 0.2) is 28.4 Å². The molecule has 0 saturated heterocycles. The lowest BCUT2D eigenvalue weighted by atomic mass is 10.7. The average Bonchev–Trinajstić information content (AvgIpc) is 3.01. The van der Waals surface area contributed by atoms with Gasteiger partial charge in [0.15, 0.2) is 0 Å². The van der Waals surface area contributed by atoms with Gasteiger partial charge in [-0.1, -0.05) is 5.11 Å². The number of carbonyl (C=O) groups is 2. The van der Waals surface area contributed by atoms with E-state index in [1.807, 2.05) is 0 Å². The average molecular weight is 420 g/mol. The first-order chi connectivity index (χ1) is 10.7. The molecule has 2 amide bonds. The van der Waals surface area contributed by atoms with Gasteiger partial charge in [0.2, 0.25) is 11.8 Å². The molecule has 1 heterocycles. The second-order valence-corrected chi connectivity index (χ2v) is 4.55. The Kier molecular flexibility index (Phi) is 21.3. The molecule has 0 saturated carbocycles. The van der Waals surface area contributed by atoms with E-state index in [2.05, 4.69) is 35.9 Å². The first kappa shape index (κ1) is 30.2. The van der Waals surface area contributed by atoms with E-state index in [4.69, 9.17) is 16.8 Å². The number of imidazole rings is 1. The number of nitrogens with zero attached hydrogens (tertiary/aromatic N) is 8. The van der Waals surface area contributed by atoms with Gasteiger partial charge >= 0.3 is 10.2 Å². The highest BCUT2D eigenvalue weighted by atomic mass is 35.5. The number of primary amides is 2. The van der Waals surface area contributed by atoms with Crippen LogP contribution in [0.2, 0.25) is 0 Å². The number of hydrogen-bond donors (Lipinski definition) is 3. The number of rotatable bonds is 5. The maximum Gasteiger partial charge on any atom is 0.329 e. The van der Waals surface area contributed by atoms with Crippen molar-refractivity contribution in [2.24, 2.45) is 26.8 Å². The van der Waals surface area contributed by atoms with Crippen LogP contribution in [0.25, 0.3) is 20.9 Å². The normalized spacial score (nSPS) is 8.04. The Morgan fingerprint density at radius 2 is 1.68 bits per heavy atom. The van der Waals surface area contributed by atoms with Crippen LogP contribution in [-0.4, -0.2) is 42.3 Å². The molecule has 15 nitrogen and oxygen atoms in total. The summed E-state index contributed by atoms with van der Waals surface area (Å²) in [6.45, 7) is -0.309. The van der Waals surface area contributed by atoms with Crippen LogP contribution in [0.1, 0.15) is 0 Å². The summed E-state index contributed by atoms with van der Waals surface area (Å²) in [5.74, 6) is -1.08. The zero-order chi connectivity index (χ0) is 18.3. The molecule has 1 aromatic rings. The molecule has 0 atom stereocenters. The lowest BCUT2D eigenvalue weighted by Gasteiger charge is -1.92. The molecule has 0 aliphatic carbocycles. The Hall–Kier alpha value is -2.74. The molecular formula is C7H15Cl2N11O4S. The van der Waals surface area contributed by atoms with Crippen molar-refractivity contribution in [2.45, 2.75) is 0 Å². The number of hydrogen-bond acceptors (Lipinski definition) is 7. The molecule has 0 unspecified atom stereocenters. The number of halogens is 2. The SMILES string of the molecule is Cl.Cl.NCC(N)=O.[N-]=[N+]=NCC(N)=O.[N-]=[N+]=NS(=O)(=O)n1ccnc1. The number of azide groups is 2. The van der Waals surface area contributed by atoms with Crippen LogP contribution in [0.3, 0.4) is 0 Å². The molecule has 0 aromatic carbocycles. The minimum atomic E-state index is -3.90. The Morgan fingerprint density at radius 3 is 1.92 bits per heavy atom. The van der Waals surface area contributed by atoms with Crippen LogP contribution in [-0.2, 0) is 19.8 Å². The smallest absolute Gasteiger partial charge is 0.329 e. The van der Waals surface area contributed by atoms with E-state index in [9.17, 15) is 18.0 Å². The molecule has 18 heteroatoms. The molecule has 142 valence electrons. The molecular weight excluding hydrogens is 405 g/mol. The van der Waals surface area contributed by atoms with Crippen molar-refractivity contribution in [1.29, 1.82) is 0 Å². The Balaban J connectivity index is -0.000000138. The molecule has 6 N–H and O–H groups in total. The molecule has 0 aliphatic rings. The fourth-order valence-electron chi connectivity index (χ4n) is 0.573. The zero-order valence-corrected chi connectivity index (χ0v) is 14.8. The summed E-state index contributed by atoms with van der Waals surface area (Å²) in [7, 11) is -3.90. The monoisotopic (exact) mass is 419 g/mol. The van der Waals surface area contributed by atoms with Gasteiger partial charge in [0.05, 0.1) is 11.1 Å². The molecule has 0 fully saturated rings. The predicted octanol–water partition coefficient (Wildman–Crippen LogP) is -0.658. The summed E-state index contributed by atoms with van der Waals surface area (Å²) in [6, 6.07) is 0. The van der Waals surface area contributed by atoms with Gasteiger partial charge < -0.3 is 17.2 Å². The second kappa shape index (κ2) is 17.6. The minimum absolute atomic E-state index is 0. The predicted molar refractivity (Wildman–Crippen MR) is 91.6 cm³/mol. The summed E-state index contributed by atoms with van der Waals surface area (Å²) in [4.78, 5) is 27.1. The minimum Gasteiger partial charge on any atom is -0.370 e. The molecule has 0 aliphatic heterocycles. The first-order valence-corrected chi connectivity index (χ1v) is 6.68. The second-order valence-electron chi connectivity index (χ2n) is 3.07. The number of nitrogens with two attached hydrogens (primary N) is 3. The van der Waals surface area contributed by atoms with Crippen molar-refractivity contribution in [1.82, 2.24) is 8.96 Å². The van der Waals surface area contributed by atoms with E-state index in [0.717, 1.165) is 6.33 Å². The van der Waals surface area contributed by atoms with Crippen LogP contribution < -0.4 is 17.2 Å². The van der Waals surface area contributed by atoms with E-state index >= 15 is 0 Å². The van der Waals surface area contributed by atoms with E-state index in [1.165, 1.54) is 12.4 Å². The third-order valence-electron chi connectivity index (χ3n) is 1.38. The van der Waals surface area contributed by atoms with Crippen molar-refractivity contribution in [3.05, 3.63) is 39.6 Å². The van der Waals surface area contributed by atoms with Crippen molar-refractivity contribution in [2.75, 3.05) is 13.1 Å². The highest BCUT2D eigenvalue weighted by Crippen LogP contribution is 1.97. The van der Waals surface area contributed by atoms with E-state index < -0.39 is 22.0 Å². The Labute approximate surface area is 153 Å². The maximum atomic E-state index is 10.8. The topological polar surface area (TPSA) is 262 Å². The van der Waals surface area contributed by atoms with Crippen LogP contribution in [0.5, 0.6) is 0 Å². The molecule has 1 aromatic heterocycles. The first-order valence-electron chi connectivity index (χ1n) is 5.28. The van der Waals surface area contributed by atoms with E-state index in [-0.39, 0.29) is 37.9 Å². The Morgan fingerprint density at radius 1 is 1.16 bits per heavy atom. The third kappa shape index (κ3) is 19.2. The van der Waals surface area contributed by atoms with Crippen molar-refractivity contribution in [3.8, 4) is 0 Å². The summed E-state index contributed by atoms with van der Waals surface area (Å²) in [6.07, 6.45) is 3.47. The van der Waals surface area contributed by atoms with Crippen LogP contribution >= 0.6 is 24.8 Å². The third-order valence-corrected chi connectivity index (χ3v) is 2.41. The van der Waals surface area contributed by atoms with Gasteiger partial charge in [-0.05, 0) is 11.1 Å². The number of amides is 2.